The topological polar surface area (TPSA) is 76.0 Å². The van der Waals surface area contributed by atoms with E-state index in [2.05, 4.69) is 15.2 Å². The Morgan fingerprint density at radius 3 is 2.70 bits per heavy atom. The molecule has 6 heteroatoms. The minimum Gasteiger partial charge on any atom is -0.476 e. The van der Waals surface area contributed by atoms with Crippen LogP contribution in [0.5, 0.6) is 0 Å². The van der Waals surface area contributed by atoms with E-state index in [1.54, 1.807) is 0 Å². The molecule has 0 amide bonds. The molecular formula is C4H2ClN3O2. The number of carboxylic acids is 1. The number of nitrogens with zero attached hydrogens (tertiary/aromatic N) is 3. The fourth-order valence-electron chi connectivity index (χ4n) is 0.359. The first-order valence-electron chi connectivity index (χ1n) is 2.28. The largest absolute Gasteiger partial charge is 0.476 e. The van der Waals surface area contributed by atoms with Crippen LogP contribution in [-0.4, -0.2) is 26.3 Å². The zero-order valence-corrected chi connectivity index (χ0v) is 5.41. The van der Waals surface area contributed by atoms with Gasteiger partial charge in [0.1, 0.15) is 0 Å². The van der Waals surface area contributed by atoms with Crippen molar-refractivity contribution in [2.45, 2.75) is 0 Å². The van der Waals surface area contributed by atoms with Gasteiger partial charge in [0.05, 0.1) is 6.20 Å². The molecule has 0 aliphatic rings. The Balaban J connectivity index is 3.00. The van der Waals surface area contributed by atoms with Crippen LogP contribution in [0.4, 0.5) is 0 Å². The molecule has 0 saturated heterocycles. The molecule has 0 atom stereocenters. The molecule has 0 aromatic carbocycles. The van der Waals surface area contributed by atoms with Crippen molar-refractivity contribution in [3.8, 4) is 0 Å². The summed E-state index contributed by atoms with van der Waals surface area (Å²) in [5.74, 6) is -1.17. The zero-order chi connectivity index (χ0) is 7.56. The number of rotatable bonds is 1. The summed E-state index contributed by atoms with van der Waals surface area (Å²) in [5, 5.41) is 14.7. The van der Waals surface area contributed by atoms with Gasteiger partial charge in [-0.3, -0.25) is 0 Å². The summed E-state index contributed by atoms with van der Waals surface area (Å²) in [6, 6.07) is 0. The second kappa shape index (κ2) is 2.57. The second-order valence-corrected chi connectivity index (χ2v) is 1.76. The molecule has 1 aromatic rings. The standard InChI is InChI=1S/C4H2ClN3O2/c5-4-6-1-2(3(9)10)7-8-4/h1H,(H,9,10). The molecule has 5 nitrogen and oxygen atoms in total. The van der Waals surface area contributed by atoms with Gasteiger partial charge in [-0.15, -0.1) is 10.2 Å². The fourth-order valence-corrected chi connectivity index (χ4v) is 0.446. The maximum Gasteiger partial charge on any atom is 0.358 e. The zero-order valence-electron chi connectivity index (χ0n) is 4.65. The number of halogens is 1. The summed E-state index contributed by atoms with van der Waals surface area (Å²) >= 11 is 5.24. The van der Waals surface area contributed by atoms with E-state index in [-0.39, 0.29) is 11.0 Å². The highest BCUT2D eigenvalue weighted by Gasteiger charge is 2.03. The van der Waals surface area contributed by atoms with Crippen molar-refractivity contribution < 1.29 is 9.90 Å². The van der Waals surface area contributed by atoms with Crippen LogP contribution in [0.2, 0.25) is 5.28 Å². The predicted octanol–water partition coefficient (Wildman–Crippen LogP) is 0.223. The first-order valence-corrected chi connectivity index (χ1v) is 2.66. The lowest BCUT2D eigenvalue weighted by atomic mass is 10.5. The van der Waals surface area contributed by atoms with Crippen LogP contribution in [0.1, 0.15) is 10.5 Å². The highest BCUT2D eigenvalue weighted by molar-refractivity contribution is 6.28. The molecule has 0 aliphatic carbocycles. The van der Waals surface area contributed by atoms with E-state index in [4.69, 9.17) is 16.7 Å². The van der Waals surface area contributed by atoms with E-state index >= 15 is 0 Å². The van der Waals surface area contributed by atoms with Gasteiger partial charge in [-0.2, -0.15) is 0 Å². The van der Waals surface area contributed by atoms with Crippen LogP contribution in [-0.2, 0) is 0 Å². The average molecular weight is 160 g/mol. The third-order valence-corrected chi connectivity index (χ3v) is 0.926. The molecule has 0 radical (unpaired) electrons. The lowest BCUT2D eigenvalue weighted by Gasteiger charge is -1.88. The summed E-state index contributed by atoms with van der Waals surface area (Å²) in [4.78, 5) is 13.5. The number of aromatic nitrogens is 3. The van der Waals surface area contributed by atoms with Crippen LogP contribution in [0, 0.1) is 0 Å². The van der Waals surface area contributed by atoms with E-state index in [0.717, 1.165) is 6.20 Å². The molecule has 10 heavy (non-hydrogen) atoms. The van der Waals surface area contributed by atoms with E-state index in [0.29, 0.717) is 0 Å². The quantitative estimate of drug-likeness (QED) is 0.635. The number of hydrogen-bond acceptors (Lipinski definition) is 4. The molecule has 1 rings (SSSR count). The van der Waals surface area contributed by atoms with E-state index in [9.17, 15) is 4.79 Å². The molecule has 0 saturated carbocycles. The monoisotopic (exact) mass is 159 g/mol. The third kappa shape index (κ3) is 1.38. The van der Waals surface area contributed by atoms with E-state index in [1.165, 1.54) is 0 Å². The molecule has 1 heterocycles. The van der Waals surface area contributed by atoms with Gasteiger partial charge in [0.25, 0.3) is 0 Å². The highest BCUT2D eigenvalue weighted by atomic mass is 35.5. The smallest absolute Gasteiger partial charge is 0.358 e. The molecule has 0 unspecified atom stereocenters. The van der Waals surface area contributed by atoms with Crippen LogP contribution in [0.25, 0.3) is 0 Å². The van der Waals surface area contributed by atoms with Gasteiger partial charge >= 0.3 is 5.97 Å². The second-order valence-electron chi connectivity index (χ2n) is 1.42. The van der Waals surface area contributed by atoms with Crippen molar-refractivity contribution in [1.82, 2.24) is 15.2 Å². The fraction of sp³-hybridized carbons (Fsp3) is 0. The lowest BCUT2D eigenvalue weighted by Crippen LogP contribution is -2.02. The molecule has 0 bridgehead atoms. The SMILES string of the molecule is O=C(O)c1cnc(Cl)nn1. The first kappa shape index (κ1) is 6.88. The number of aromatic carboxylic acids is 1. The number of carboxylic acid groups (broad SMARTS) is 1. The number of carbonyl (C=O) groups is 1. The highest BCUT2D eigenvalue weighted by Crippen LogP contribution is 1.95. The Hall–Kier alpha value is -1.23. The van der Waals surface area contributed by atoms with Crippen molar-refractivity contribution in [2.24, 2.45) is 0 Å². The van der Waals surface area contributed by atoms with Crippen molar-refractivity contribution in [2.75, 3.05) is 0 Å². The Labute approximate surface area is 60.7 Å². The van der Waals surface area contributed by atoms with Gasteiger partial charge < -0.3 is 5.11 Å². The maximum absolute atomic E-state index is 10.1. The maximum atomic E-state index is 10.1. The van der Waals surface area contributed by atoms with Gasteiger partial charge in [0.15, 0.2) is 5.69 Å². The van der Waals surface area contributed by atoms with Gasteiger partial charge in [0.2, 0.25) is 5.28 Å². The Bertz CT molecular complexity index is 247. The Morgan fingerprint density at radius 1 is 1.60 bits per heavy atom. The first-order chi connectivity index (χ1) is 4.70. The van der Waals surface area contributed by atoms with Crippen LogP contribution >= 0.6 is 11.6 Å². The average Bonchev–Trinajstić information content (AvgIpc) is 1.88. The van der Waals surface area contributed by atoms with Gasteiger partial charge in [-0.25, -0.2) is 9.78 Å². The van der Waals surface area contributed by atoms with Crippen molar-refractivity contribution in [3.05, 3.63) is 17.2 Å². The summed E-state index contributed by atoms with van der Waals surface area (Å²) < 4.78 is 0. The minimum atomic E-state index is -1.17. The van der Waals surface area contributed by atoms with E-state index in [1.807, 2.05) is 0 Å². The lowest BCUT2D eigenvalue weighted by molar-refractivity contribution is 0.0688. The molecular weight excluding hydrogens is 158 g/mol. The summed E-state index contributed by atoms with van der Waals surface area (Å²) in [6.45, 7) is 0. The van der Waals surface area contributed by atoms with Crippen LogP contribution < -0.4 is 0 Å². The predicted molar refractivity (Wildman–Crippen MR) is 31.8 cm³/mol. The molecule has 0 aliphatic heterocycles. The summed E-state index contributed by atoms with van der Waals surface area (Å²) in [5.41, 5.74) is -0.218. The third-order valence-electron chi connectivity index (χ3n) is 0.753. The van der Waals surface area contributed by atoms with Crippen LogP contribution in [0.3, 0.4) is 0 Å². The van der Waals surface area contributed by atoms with Crippen molar-refractivity contribution in [3.63, 3.8) is 0 Å². The van der Waals surface area contributed by atoms with Gasteiger partial charge in [-0.1, -0.05) is 0 Å². The molecule has 0 fully saturated rings. The molecule has 1 aromatic heterocycles. The summed E-state index contributed by atoms with van der Waals surface area (Å²) in [6.07, 6.45) is 1.04. The molecule has 0 spiro atoms. The summed E-state index contributed by atoms with van der Waals surface area (Å²) in [7, 11) is 0. The van der Waals surface area contributed by atoms with Crippen molar-refractivity contribution in [1.29, 1.82) is 0 Å². The minimum absolute atomic E-state index is 0.0648. The molecule has 52 valence electrons. The van der Waals surface area contributed by atoms with Gasteiger partial charge in [-0.05, 0) is 11.6 Å². The number of hydrogen-bond donors (Lipinski definition) is 1. The normalized spacial score (nSPS) is 9.30. The van der Waals surface area contributed by atoms with Gasteiger partial charge in [0, 0.05) is 0 Å². The molecule has 1 N–H and O–H groups in total. The van der Waals surface area contributed by atoms with Crippen molar-refractivity contribution >= 4 is 17.6 Å². The van der Waals surface area contributed by atoms with E-state index < -0.39 is 5.97 Å². The van der Waals surface area contributed by atoms with Crippen LogP contribution in [0.15, 0.2) is 6.20 Å². The Morgan fingerprint density at radius 2 is 2.30 bits per heavy atom. The Kier molecular flexibility index (Phi) is 1.77.